The molecule has 1 atom stereocenters. The van der Waals surface area contributed by atoms with Gasteiger partial charge in [-0.2, -0.15) is 0 Å². The van der Waals surface area contributed by atoms with Gasteiger partial charge in [-0.15, -0.1) is 11.6 Å². The van der Waals surface area contributed by atoms with Gasteiger partial charge in [-0.25, -0.2) is 4.39 Å². The van der Waals surface area contributed by atoms with Crippen LogP contribution in [0.15, 0.2) is 48.5 Å². The summed E-state index contributed by atoms with van der Waals surface area (Å²) in [5.41, 5.74) is 2.22. The molecule has 2 rings (SSSR count). The second kappa shape index (κ2) is 9.10. The van der Waals surface area contributed by atoms with Gasteiger partial charge in [0.25, 0.3) is 0 Å². The van der Waals surface area contributed by atoms with Crippen molar-refractivity contribution in [3.8, 4) is 11.5 Å². The molecule has 2 nitrogen and oxygen atoms in total. The minimum absolute atomic E-state index is 0.0773. The van der Waals surface area contributed by atoms with Crippen LogP contribution in [0.3, 0.4) is 0 Å². The number of hydrogen-bond acceptors (Lipinski definition) is 2. The first-order valence-electron chi connectivity index (χ1n) is 8.60. The third kappa shape index (κ3) is 5.64. The molecule has 0 aromatic heterocycles. The van der Waals surface area contributed by atoms with Gasteiger partial charge in [-0.3, -0.25) is 0 Å². The summed E-state index contributed by atoms with van der Waals surface area (Å²) in [6, 6.07) is 16.0. The molecule has 0 aliphatic rings. The molecule has 0 N–H and O–H groups in total. The molecule has 0 amide bonds. The predicted molar refractivity (Wildman–Crippen MR) is 102 cm³/mol. The van der Waals surface area contributed by atoms with E-state index in [1.807, 2.05) is 36.4 Å². The highest BCUT2D eigenvalue weighted by Crippen LogP contribution is 2.33. The molecule has 2 aromatic carbocycles. The van der Waals surface area contributed by atoms with Crippen LogP contribution in [-0.4, -0.2) is 25.3 Å². The number of alkyl halides is 2. The van der Waals surface area contributed by atoms with Crippen LogP contribution in [0, 0.1) is 0 Å². The Bertz CT molecular complexity index is 636. The van der Waals surface area contributed by atoms with Gasteiger partial charge in [-0.1, -0.05) is 38.1 Å². The van der Waals surface area contributed by atoms with Crippen LogP contribution >= 0.6 is 11.6 Å². The van der Waals surface area contributed by atoms with E-state index in [1.54, 1.807) is 0 Å². The van der Waals surface area contributed by atoms with Crippen molar-refractivity contribution in [1.29, 1.82) is 0 Å². The van der Waals surface area contributed by atoms with Crippen LogP contribution in [0.5, 0.6) is 11.5 Å². The molecule has 0 radical (unpaired) electrons. The first kappa shape index (κ1) is 19.6. The second-order valence-corrected chi connectivity index (χ2v) is 7.03. The van der Waals surface area contributed by atoms with E-state index < -0.39 is 6.17 Å². The van der Waals surface area contributed by atoms with Crippen LogP contribution < -0.4 is 9.47 Å². The molecular weight excluding hydrogens is 339 g/mol. The Morgan fingerprint density at radius 2 is 1.40 bits per heavy atom. The molecule has 0 saturated heterocycles. The molecule has 2 aromatic rings. The van der Waals surface area contributed by atoms with Gasteiger partial charge >= 0.3 is 0 Å². The van der Waals surface area contributed by atoms with Crippen molar-refractivity contribution < 1.29 is 13.9 Å². The lowest BCUT2D eigenvalue weighted by atomic mass is 9.78. The number of benzene rings is 2. The highest BCUT2D eigenvalue weighted by Gasteiger charge is 2.23. The Hall–Kier alpha value is -1.74. The highest BCUT2D eigenvalue weighted by molar-refractivity contribution is 6.17. The van der Waals surface area contributed by atoms with Crippen molar-refractivity contribution >= 4 is 11.6 Å². The lowest BCUT2D eigenvalue weighted by molar-refractivity contribution is 0.209. The van der Waals surface area contributed by atoms with Crippen molar-refractivity contribution in [2.45, 2.75) is 38.8 Å². The topological polar surface area (TPSA) is 18.5 Å². The second-order valence-electron chi connectivity index (χ2n) is 6.66. The maximum Gasteiger partial charge on any atom is 0.131 e. The molecule has 136 valence electrons. The van der Waals surface area contributed by atoms with Crippen molar-refractivity contribution in [2.24, 2.45) is 0 Å². The van der Waals surface area contributed by atoms with E-state index in [9.17, 15) is 4.39 Å². The SMILES string of the molecule is CC(F)COc1ccc(C(C)(C)c2ccc(OCCCCl)cc2)cc1. The van der Waals surface area contributed by atoms with Gasteiger partial charge in [0.2, 0.25) is 0 Å². The average Bonchev–Trinajstić information content (AvgIpc) is 2.61. The fourth-order valence-electron chi connectivity index (χ4n) is 2.56. The lowest BCUT2D eigenvalue weighted by Gasteiger charge is -2.26. The quantitative estimate of drug-likeness (QED) is 0.416. The zero-order valence-corrected chi connectivity index (χ0v) is 15.9. The largest absolute Gasteiger partial charge is 0.494 e. The smallest absolute Gasteiger partial charge is 0.131 e. The van der Waals surface area contributed by atoms with Crippen LogP contribution in [0.4, 0.5) is 4.39 Å². The minimum atomic E-state index is -0.971. The normalized spacial score (nSPS) is 12.7. The van der Waals surface area contributed by atoms with E-state index in [0.29, 0.717) is 18.2 Å². The lowest BCUT2D eigenvalue weighted by Crippen LogP contribution is -2.18. The Balaban J connectivity index is 2.06. The van der Waals surface area contributed by atoms with Crippen LogP contribution in [0.1, 0.15) is 38.3 Å². The molecular formula is C21H26ClFO2. The van der Waals surface area contributed by atoms with Crippen molar-refractivity contribution in [1.82, 2.24) is 0 Å². The maximum absolute atomic E-state index is 12.9. The monoisotopic (exact) mass is 364 g/mol. The Morgan fingerprint density at radius 3 is 1.84 bits per heavy atom. The highest BCUT2D eigenvalue weighted by atomic mass is 35.5. The fraction of sp³-hybridized carbons (Fsp3) is 0.429. The van der Waals surface area contributed by atoms with E-state index in [4.69, 9.17) is 21.1 Å². The van der Waals surface area contributed by atoms with Crippen molar-refractivity contribution in [2.75, 3.05) is 19.1 Å². The van der Waals surface area contributed by atoms with E-state index in [0.717, 1.165) is 12.2 Å². The summed E-state index contributed by atoms with van der Waals surface area (Å²) >= 11 is 5.66. The Morgan fingerprint density at radius 1 is 0.920 bits per heavy atom. The predicted octanol–water partition coefficient (Wildman–Crippen LogP) is 5.76. The third-order valence-electron chi connectivity index (χ3n) is 4.18. The molecule has 0 saturated carbocycles. The molecule has 0 heterocycles. The molecule has 0 bridgehead atoms. The summed E-state index contributed by atoms with van der Waals surface area (Å²) in [5.74, 6) is 2.15. The number of rotatable bonds is 9. The molecule has 25 heavy (non-hydrogen) atoms. The van der Waals surface area contributed by atoms with Crippen LogP contribution in [0.25, 0.3) is 0 Å². The van der Waals surface area contributed by atoms with Gasteiger partial charge in [0.15, 0.2) is 0 Å². The van der Waals surface area contributed by atoms with Gasteiger partial charge in [0, 0.05) is 11.3 Å². The molecule has 0 aliphatic carbocycles. The molecule has 0 fully saturated rings. The number of hydrogen-bond donors (Lipinski definition) is 0. The summed E-state index contributed by atoms with van der Waals surface area (Å²) < 4.78 is 23.9. The number of ether oxygens (including phenoxy) is 2. The van der Waals surface area contributed by atoms with Crippen LogP contribution in [-0.2, 0) is 5.41 Å². The van der Waals surface area contributed by atoms with Crippen molar-refractivity contribution in [3.05, 3.63) is 59.7 Å². The molecule has 0 aliphatic heterocycles. The van der Waals surface area contributed by atoms with E-state index in [-0.39, 0.29) is 12.0 Å². The third-order valence-corrected chi connectivity index (χ3v) is 4.45. The van der Waals surface area contributed by atoms with E-state index >= 15 is 0 Å². The van der Waals surface area contributed by atoms with Crippen molar-refractivity contribution in [3.63, 3.8) is 0 Å². The zero-order valence-electron chi connectivity index (χ0n) is 15.1. The maximum atomic E-state index is 12.9. The molecule has 4 heteroatoms. The van der Waals surface area contributed by atoms with Gasteiger partial charge in [0.1, 0.15) is 24.3 Å². The fourth-order valence-corrected chi connectivity index (χ4v) is 2.67. The van der Waals surface area contributed by atoms with Gasteiger partial charge in [-0.05, 0) is 48.7 Å². The Labute approximate surface area is 154 Å². The summed E-state index contributed by atoms with van der Waals surface area (Å²) in [6.07, 6.45) is -0.133. The average molecular weight is 365 g/mol. The van der Waals surface area contributed by atoms with E-state index in [1.165, 1.54) is 18.1 Å². The first-order chi connectivity index (χ1) is 11.9. The molecule has 0 spiro atoms. The standard InChI is InChI=1S/C21H26ClFO2/c1-16(23)15-25-20-11-7-18(8-12-20)21(2,3)17-5-9-19(10-6-17)24-14-4-13-22/h5-12,16H,4,13-15H2,1-3H3. The van der Waals surface area contributed by atoms with Crippen LogP contribution in [0.2, 0.25) is 0 Å². The summed E-state index contributed by atoms with van der Waals surface area (Å²) in [7, 11) is 0. The molecule has 1 unspecified atom stereocenters. The zero-order chi connectivity index (χ0) is 18.3. The summed E-state index contributed by atoms with van der Waals surface area (Å²) in [4.78, 5) is 0. The Kier molecular flexibility index (Phi) is 7.12. The summed E-state index contributed by atoms with van der Waals surface area (Å²) in [5, 5.41) is 0. The van der Waals surface area contributed by atoms with E-state index in [2.05, 4.69) is 26.0 Å². The number of halogens is 2. The van der Waals surface area contributed by atoms with Gasteiger partial charge < -0.3 is 9.47 Å². The minimum Gasteiger partial charge on any atom is -0.494 e. The summed E-state index contributed by atoms with van der Waals surface area (Å²) in [6.45, 7) is 6.55. The van der Waals surface area contributed by atoms with Gasteiger partial charge in [0.05, 0.1) is 6.61 Å². The first-order valence-corrected chi connectivity index (χ1v) is 9.13.